The van der Waals surface area contributed by atoms with Crippen LogP contribution in [0.3, 0.4) is 0 Å². The number of hydrogen-bond donors (Lipinski definition) is 3. The van der Waals surface area contributed by atoms with E-state index in [1.165, 1.54) is 9.78 Å². The molecule has 14 nitrogen and oxygen atoms in total. The number of phenolic OH excluding ortho intramolecular Hbond substituents is 1. The van der Waals surface area contributed by atoms with Crippen molar-refractivity contribution in [2.45, 2.75) is 82.9 Å². The van der Waals surface area contributed by atoms with Crippen LogP contribution in [0.4, 0.5) is 0 Å². The predicted octanol–water partition coefficient (Wildman–Crippen LogP) is 6.87. The van der Waals surface area contributed by atoms with Crippen LogP contribution in [0.5, 0.6) is 5.75 Å². The van der Waals surface area contributed by atoms with Crippen molar-refractivity contribution in [1.29, 1.82) is 0 Å². The number of rotatable bonds is 12. The average Bonchev–Trinajstić information content (AvgIpc) is 4.09. The summed E-state index contributed by atoms with van der Waals surface area (Å²) in [5.41, 5.74) is 6.86. The van der Waals surface area contributed by atoms with Gasteiger partial charge in [-0.2, -0.15) is 0 Å². The van der Waals surface area contributed by atoms with Crippen LogP contribution in [0.1, 0.15) is 91.4 Å². The molecule has 7 heterocycles. The van der Waals surface area contributed by atoms with Gasteiger partial charge in [0.2, 0.25) is 17.7 Å². The minimum atomic E-state index is -0.821. The van der Waals surface area contributed by atoms with Gasteiger partial charge in [0, 0.05) is 72.9 Å². The quantitative estimate of drug-likeness (QED) is 0.117. The Morgan fingerprint density at radius 2 is 1.71 bits per heavy atom. The Morgan fingerprint density at radius 3 is 2.43 bits per heavy atom. The number of aryl methyl sites for hydroxylation is 1. The van der Waals surface area contributed by atoms with E-state index in [4.69, 9.17) is 4.52 Å². The molecule has 2 aromatic carbocycles. The number of piperidine rings is 1. The number of amides is 3. The van der Waals surface area contributed by atoms with Gasteiger partial charge < -0.3 is 29.9 Å². The maximum Gasteiger partial charge on any atom is 0.243 e. The monoisotopic (exact) mass is 888 g/mol. The molecule has 9 rings (SSSR count). The number of benzene rings is 2. The lowest BCUT2D eigenvalue weighted by Gasteiger charge is -2.40. The molecule has 0 unspecified atom stereocenters. The number of aliphatic hydroxyl groups is 1. The van der Waals surface area contributed by atoms with Gasteiger partial charge in [-0.05, 0) is 68.0 Å². The normalized spacial score (nSPS) is 19.7. The molecule has 0 aliphatic carbocycles. The average molecular weight is 889 g/mol. The summed E-state index contributed by atoms with van der Waals surface area (Å²) < 4.78 is 5.89. The topological polar surface area (TPSA) is 178 Å². The van der Waals surface area contributed by atoms with Crippen LogP contribution in [0, 0.1) is 12.8 Å². The van der Waals surface area contributed by atoms with Crippen LogP contribution < -0.4 is 5.32 Å². The minimum absolute atomic E-state index is 0.0615. The molecule has 6 aromatic rings. The summed E-state index contributed by atoms with van der Waals surface area (Å²) in [6, 6.07) is 20.0. The van der Waals surface area contributed by atoms with E-state index >= 15 is 0 Å². The first kappa shape index (κ1) is 42.7. The van der Waals surface area contributed by atoms with Crippen molar-refractivity contribution >= 4 is 50.6 Å². The summed E-state index contributed by atoms with van der Waals surface area (Å²) in [6.07, 6.45) is 0.803. The molecule has 0 bridgehead atoms. The highest BCUT2D eigenvalue weighted by molar-refractivity contribution is 7.18. The third kappa shape index (κ3) is 8.86. The van der Waals surface area contributed by atoms with Gasteiger partial charge in [-0.25, -0.2) is 4.98 Å². The Bertz CT molecular complexity index is 2610. The number of phenols is 1. The van der Waals surface area contributed by atoms with E-state index in [1.54, 1.807) is 34.8 Å². The van der Waals surface area contributed by atoms with Gasteiger partial charge in [-0.1, -0.05) is 55.4 Å². The summed E-state index contributed by atoms with van der Waals surface area (Å²) in [5.74, 6) is -0.268. The van der Waals surface area contributed by atoms with Crippen molar-refractivity contribution < 1.29 is 29.1 Å². The van der Waals surface area contributed by atoms with Crippen molar-refractivity contribution in [2.24, 2.45) is 5.92 Å². The number of carbonyl (C=O) groups excluding carboxylic acids is 3. The maximum absolute atomic E-state index is 14.3. The fourth-order valence-electron chi connectivity index (χ4n) is 9.25. The summed E-state index contributed by atoms with van der Waals surface area (Å²) in [4.78, 5) is 54.6. The number of hydrogen-bond acceptors (Lipinski definition) is 13. The maximum atomic E-state index is 14.3. The number of thiazole rings is 1. The van der Waals surface area contributed by atoms with Gasteiger partial charge in [0.05, 0.1) is 46.2 Å². The molecule has 3 amide bonds. The van der Waals surface area contributed by atoms with Gasteiger partial charge >= 0.3 is 0 Å². The smallest absolute Gasteiger partial charge is 0.243 e. The highest BCUT2D eigenvalue weighted by Crippen LogP contribution is 2.38. The summed E-state index contributed by atoms with van der Waals surface area (Å²) in [5, 5.41) is 38.3. The molecule has 3 saturated heterocycles. The fraction of sp³-hybridized carbons (Fsp3) is 0.426. The van der Waals surface area contributed by atoms with Crippen LogP contribution in [0.15, 0.2) is 76.8 Å². The number of para-hydroxylation sites is 1. The Kier molecular flexibility index (Phi) is 12.1. The highest BCUT2D eigenvalue weighted by atomic mass is 32.1. The van der Waals surface area contributed by atoms with E-state index in [0.717, 1.165) is 63.5 Å². The SMILES string of the molecule is Cc1ncsc1-c1ccc([C@H](C)NC(=O)[C@@H]2C[C@@H](O)CN2C(=O)[C@H](c2cc(C3CCN(C(=O)CN4CC(c5cc6cc(-c7ccccc7O)nnc6s5)C4)CC3)no2)C(C)C)cc1. The predicted molar refractivity (Wildman–Crippen MR) is 241 cm³/mol. The number of β-amino-alcohol motifs (C(OH)–C–C–N with tert-alkyl or cyclic N) is 1. The van der Waals surface area contributed by atoms with Crippen LogP contribution in [-0.4, -0.2) is 114 Å². The van der Waals surface area contributed by atoms with Crippen molar-refractivity contribution in [3.8, 4) is 27.4 Å². The first-order valence-electron chi connectivity index (χ1n) is 21.7. The van der Waals surface area contributed by atoms with Gasteiger partial charge in [-0.15, -0.1) is 32.9 Å². The summed E-state index contributed by atoms with van der Waals surface area (Å²) >= 11 is 3.22. The molecule has 4 aromatic heterocycles. The minimum Gasteiger partial charge on any atom is -0.507 e. The number of aliphatic hydroxyl groups excluding tert-OH is 1. The third-order valence-electron chi connectivity index (χ3n) is 12.9. The molecule has 328 valence electrons. The summed E-state index contributed by atoms with van der Waals surface area (Å²) in [7, 11) is 0. The molecular weight excluding hydrogens is 837 g/mol. The number of aromatic hydroxyl groups is 1. The van der Waals surface area contributed by atoms with Crippen molar-refractivity contribution in [3.63, 3.8) is 0 Å². The summed E-state index contributed by atoms with van der Waals surface area (Å²) in [6.45, 7) is 11.1. The number of fused-ring (bicyclic) bond motifs is 1. The molecule has 3 fully saturated rings. The van der Waals surface area contributed by atoms with E-state index < -0.39 is 18.1 Å². The van der Waals surface area contributed by atoms with Crippen molar-refractivity contribution in [1.82, 2.24) is 40.4 Å². The fourth-order valence-corrected chi connectivity index (χ4v) is 11.1. The van der Waals surface area contributed by atoms with Gasteiger partial charge in [0.25, 0.3) is 0 Å². The van der Waals surface area contributed by atoms with Gasteiger partial charge in [0.15, 0.2) is 0 Å². The van der Waals surface area contributed by atoms with Crippen LogP contribution in [0.25, 0.3) is 31.9 Å². The van der Waals surface area contributed by atoms with Crippen LogP contribution in [0.2, 0.25) is 0 Å². The Balaban J connectivity index is 0.765. The second-order valence-corrected chi connectivity index (χ2v) is 19.5. The van der Waals surface area contributed by atoms with Crippen LogP contribution in [-0.2, 0) is 14.4 Å². The van der Waals surface area contributed by atoms with Crippen molar-refractivity contribution in [2.75, 3.05) is 39.3 Å². The van der Waals surface area contributed by atoms with E-state index in [9.17, 15) is 24.6 Å². The molecule has 3 aliphatic rings. The Hall–Kier alpha value is -5.55. The van der Waals surface area contributed by atoms with Gasteiger partial charge in [-0.3, -0.25) is 19.3 Å². The molecule has 3 aliphatic heterocycles. The number of aromatic nitrogens is 4. The zero-order valence-electron chi connectivity index (χ0n) is 35.8. The zero-order chi connectivity index (χ0) is 43.9. The van der Waals surface area contributed by atoms with Crippen molar-refractivity contribution in [3.05, 3.63) is 99.8 Å². The lowest BCUT2D eigenvalue weighted by molar-refractivity contribution is -0.141. The molecule has 4 atom stereocenters. The first-order valence-corrected chi connectivity index (χ1v) is 23.4. The number of nitrogens with zero attached hydrogens (tertiary/aromatic N) is 7. The molecule has 0 saturated carbocycles. The highest BCUT2D eigenvalue weighted by Gasteiger charge is 2.44. The third-order valence-corrected chi connectivity index (χ3v) is 15.1. The lowest BCUT2D eigenvalue weighted by atomic mass is 9.89. The number of nitrogens with one attached hydrogen (secondary N) is 1. The first-order chi connectivity index (χ1) is 30.4. The standard InChI is InChI=1S/C47H52N8O6S2/c1-26(2)43(47(60)55-23-34(56)19-38(55)45(59)49-27(3)29-9-11-31(12-10-29)44-28(4)48-25-62-44)40-20-36(52-61-40)30-13-15-54(16-14-30)42(58)24-53-21-33(22-53)41-18-32-17-37(50-51-46(32)63-41)35-7-5-6-8-39(35)57/h5-12,17-18,20,25-27,30,33-34,38,43,56-57H,13-16,19,21-24H2,1-4H3,(H,49,59)/t27-,34+,38-,43-/m0/s1. The van der Waals surface area contributed by atoms with Crippen LogP contribution >= 0.6 is 22.7 Å². The number of carbonyl (C=O) groups is 3. The lowest BCUT2D eigenvalue weighted by Crippen LogP contribution is -2.51. The Labute approximate surface area is 373 Å². The number of thiophene rings is 1. The molecule has 0 radical (unpaired) electrons. The van der Waals surface area contributed by atoms with E-state index in [1.807, 2.05) is 86.6 Å². The molecule has 3 N–H and O–H groups in total. The van der Waals surface area contributed by atoms with E-state index in [-0.39, 0.29) is 54.3 Å². The zero-order valence-corrected chi connectivity index (χ0v) is 37.4. The molecular formula is C47H52N8O6S2. The second kappa shape index (κ2) is 17.9. The number of likely N-dealkylation sites (tertiary alicyclic amines) is 3. The largest absolute Gasteiger partial charge is 0.507 e. The second-order valence-electron chi connectivity index (χ2n) is 17.6. The van der Waals surface area contributed by atoms with E-state index in [2.05, 4.69) is 36.6 Å². The van der Waals surface area contributed by atoms with E-state index in [0.29, 0.717) is 42.6 Å². The van der Waals surface area contributed by atoms with Gasteiger partial charge in [0.1, 0.15) is 28.3 Å². The molecule has 63 heavy (non-hydrogen) atoms. The molecule has 0 spiro atoms. The molecule has 16 heteroatoms. The Morgan fingerprint density at radius 1 is 0.952 bits per heavy atom.